The minimum Gasteiger partial charge on any atom is -0.457 e. The summed E-state index contributed by atoms with van der Waals surface area (Å²) in [5, 5.41) is 25.2. The van der Waals surface area contributed by atoms with E-state index in [-0.39, 0.29) is 11.7 Å². The lowest BCUT2D eigenvalue weighted by molar-refractivity contribution is 0.318. The van der Waals surface area contributed by atoms with E-state index in [9.17, 15) is 0 Å². The van der Waals surface area contributed by atoms with Crippen molar-refractivity contribution in [2.24, 2.45) is 21.8 Å². The standard InChI is InChI=1S/C20H16N4O4/c21-19(23-25)11-1-5-17-13(7-11)9-15(27-17)3-4-16-10-14-8-12(20(22)24-26)2-6-18(14)28-16/h1-10,25-26H,(H2,21,23)(H2,22,24)/b4-3-. The fourth-order valence-electron chi connectivity index (χ4n) is 2.89. The zero-order valence-corrected chi connectivity index (χ0v) is 14.5. The van der Waals surface area contributed by atoms with E-state index in [1.807, 2.05) is 12.1 Å². The first kappa shape index (κ1) is 17.2. The Balaban J connectivity index is 1.63. The molecule has 0 aliphatic heterocycles. The van der Waals surface area contributed by atoms with Crippen LogP contribution in [0.25, 0.3) is 34.1 Å². The number of benzene rings is 2. The van der Waals surface area contributed by atoms with Crippen molar-refractivity contribution < 1.29 is 19.2 Å². The SMILES string of the molecule is N/C(=N\O)c1ccc2oc(/C=C\c3cc4cc(/C(N)=N\O)ccc4o3)cc2c1. The minimum atomic E-state index is 0.0358. The number of rotatable bonds is 4. The van der Waals surface area contributed by atoms with Crippen LogP contribution in [-0.4, -0.2) is 22.1 Å². The third-order valence-electron chi connectivity index (χ3n) is 4.29. The molecule has 2 aromatic carbocycles. The van der Waals surface area contributed by atoms with E-state index in [1.165, 1.54) is 0 Å². The van der Waals surface area contributed by atoms with Crippen LogP contribution in [0.2, 0.25) is 0 Å². The molecule has 4 aromatic rings. The van der Waals surface area contributed by atoms with Crippen molar-refractivity contribution in [3.63, 3.8) is 0 Å². The van der Waals surface area contributed by atoms with Gasteiger partial charge >= 0.3 is 0 Å². The second kappa shape index (κ2) is 6.84. The predicted molar refractivity (Wildman–Crippen MR) is 106 cm³/mol. The number of oxime groups is 2. The van der Waals surface area contributed by atoms with Crippen LogP contribution in [0.3, 0.4) is 0 Å². The van der Waals surface area contributed by atoms with E-state index in [0.717, 1.165) is 10.8 Å². The Kier molecular flexibility index (Phi) is 4.21. The van der Waals surface area contributed by atoms with Gasteiger partial charge in [-0.3, -0.25) is 0 Å². The highest BCUT2D eigenvalue weighted by Crippen LogP contribution is 2.25. The van der Waals surface area contributed by atoms with Crippen molar-refractivity contribution >= 4 is 45.8 Å². The summed E-state index contributed by atoms with van der Waals surface area (Å²) in [6.45, 7) is 0. The van der Waals surface area contributed by atoms with Gasteiger partial charge in [0.1, 0.15) is 22.7 Å². The number of hydrogen-bond acceptors (Lipinski definition) is 6. The molecule has 0 saturated heterocycles. The highest BCUT2D eigenvalue weighted by atomic mass is 16.4. The Labute approximate surface area is 158 Å². The number of amidine groups is 2. The Bertz CT molecular complexity index is 1170. The molecule has 2 aromatic heterocycles. The first-order valence-corrected chi connectivity index (χ1v) is 8.28. The molecular weight excluding hydrogens is 360 g/mol. The molecule has 28 heavy (non-hydrogen) atoms. The number of nitrogens with two attached hydrogens (primary N) is 2. The van der Waals surface area contributed by atoms with Crippen molar-refractivity contribution in [3.05, 3.63) is 71.2 Å². The van der Waals surface area contributed by atoms with Crippen molar-refractivity contribution in [2.45, 2.75) is 0 Å². The average Bonchev–Trinajstić information content (AvgIpc) is 3.32. The van der Waals surface area contributed by atoms with Gasteiger partial charge in [0.25, 0.3) is 0 Å². The fraction of sp³-hybridized carbons (Fsp3) is 0. The van der Waals surface area contributed by atoms with Crippen LogP contribution in [0.4, 0.5) is 0 Å². The lowest BCUT2D eigenvalue weighted by atomic mass is 10.1. The molecule has 140 valence electrons. The Hall–Kier alpha value is -4.20. The van der Waals surface area contributed by atoms with Crippen molar-refractivity contribution in [2.75, 3.05) is 0 Å². The molecule has 8 nitrogen and oxygen atoms in total. The van der Waals surface area contributed by atoms with Gasteiger partial charge in [-0.25, -0.2) is 0 Å². The van der Waals surface area contributed by atoms with Gasteiger partial charge in [0.2, 0.25) is 0 Å². The lowest BCUT2D eigenvalue weighted by Gasteiger charge is -1.96. The molecule has 0 aliphatic rings. The summed E-state index contributed by atoms with van der Waals surface area (Å²) in [5.41, 5.74) is 13.8. The third kappa shape index (κ3) is 3.14. The zero-order valence-electron chi connectivity index (χ0n) is 14.5. The van der Waals surface area contributed by atoms with Gasteiger partial charge in [-0.1, -0.05) is 10.3 Å². The first-order valence-electron chi connectivity index (χ1n) is 8.28. The monoisotopic (exact) mass is 376 g/mol. The van der Waals surface area contributed by atoms with Crippen LogP contribution in [-0.2, 0) is 0 Å². The Morgan fingerprint density at radius 2 is 1.14 bits per heavy atom. The average molecular weight is 376 g/mol. The van der Waals surface area contributed by atoms with E-state index < -0.39 is 0 Å². The van der Waals surface area contributed by atoms with Crippen molar-refractivity contribution in [3.8, 4) is 0 Å². The van der Waals surface area contributed by atoms with Gasteiger partial charge < -0.3 is 30.7 Å². The summed E-state index contributed by atoms with van der Waals surface area (Å²) in [6, 6.07) is 14.2. The normalized spacial score (nSPS) is 13.1. The summed E-state index contributed by atoms with van der Waals surface area (Å²) in [5.74, 6) is 1.33. The van der Waals surface area contributed by atoms with Crippen LogP contribution >= 0.6 is 0 Å². The predicted octanol–water partition coefficient (Wildman–Crippen LogP) is 3.54. The molecule has 0 fully saturated rings. The number of nitrogens with zero attached hydrogens (tertiary/aromatic N) is 2. The summed E-state index contributed by atoms with van der Waals surface area (Å²) >= 11 is 0. The van der Waals surface area contributed by atoms with Gasteiger partial charge in [-0.05, 0) is 60.7 Å². The highest BCUT2D eigenvalue weighted by molar-refractivity contribution is 6.01. The largest absolute Gasteiger partial charge is 0.457 e. The van der Waals surface area contributed by atoms with Crippen molar-refractivity contribution in [1.82, 2.24) is 0 Å². The van der Waals surface area contributed by atoms with Crippen LogP contribution in [0, 0.1) is 0 Å². The van der Waals surface area contributed by atoms with Gasteiger partial charge in [0, 0.05) is 21.9 Å². The molecule has 0 unspecified atom stereocenters. The summed E-state index contributed by atoms with van der Waals surface area (Å²) in [6.07, 6.45) is 3.57. The van der Waals surface area contributed by atoms with Crippen LogP contribution in [0.1, 0.15) is 22.6 Å². The molecule has 8 heteroatoms. The van der Waals surface area contributed by atoms with E-state index in [1.54, 1.807) is 48.6 Å². The molecule has 0 radical (unpaired) electrons. The molecule has 0 bridgehead atoms. The molecular formula is C20H16N4O4. The van der Waals surface area contributed by atoms with E-state index in [0.29, 0.717) is 33.8 Å². The smallest absolute Gasteiger partial charge is 0.170 e. The first-order chi connectivity index (χ1) is 13.6. The molecule has 6 N–H and O–H groups in total. The number of furan rings is 2. The molecule has 0 saturated carbocycles. The second-order valence-electron chi connectivity index (χ2n) is 6.11. The maximum Gasteiger partial charge on any atom is 0.170 e. The Morgan fingerprint density at radius 3 is 1.54 bits per heavy atom. The van der Waals surface area contributed by atoms with Gasteiger partial charge in [-0.15, -0.1) is 0 Å². The molecule has 2 heterocycles. The quantitative estimate of drug-likeness (QED) is 0.186. The van der Waals surface area contributed by atoms with E-state index in [4.69, 9.17) is 30.7 Å². The summed E-state index contributed by atoms with van der Waals surface area (Å²) < 4.78 is 11.5. The van der Waals surface area contributed by atoms with Crippen LogP contribution in [0.5, 0.6) is 0 Å². The van der Waals surface area contributed by atoms with Crippen molar-refractivity contribution in [1.29, 1.82) is 0 Å². The molecule has 0 aliphatic carbocycles. The van der Waals surface area contributed by atoms with Gasteiger partial charge in [0.15, 0.2) is 11.7 Å². The number of fused-ring (bicyclic) bond motifs is 2. The second-order valence-corrected chi connectivity index (χ2v) is 6.11. The van der Waals surface area contributed by atoms with Gasteiger partial charge in [-0.2, -0.15) is 0 Å². The third-order valence-corrected chi connectivity index (χ3v) is 4.29. The lowest BCUT2D eigenvalue weighted by Crippen LogP contribution is -2.12. The summed E-state index contributed by atoms with van der Waals surface area (Å²) in [4.78, 5) is 0. The highest BCUT2D eigenvalue weighted by Gasteiger charge is 2.07. The fourth-order valence-corrected chi connectivity index (χ4v) is 2.89. The molecule has 0 amide bonds. The van der Waals surface area contributed by atoms with Gasteiger partial charge in [0.05, 0.1) is 0 Å². The Morgan fingerprint density at radius 1 is 0.714 bits per heavy atom. The molecule has 4 rings (SSSR count). The molecule has 0 atom stereocenters. The maximum absolute atomic E-state index is 8.79. The minimum absolute atomic E-state index is 0.0358. The zero-order chi connectivity index (χ0) is 19.7. The summed E-state index contributed by atoms with van der Waals surface area (Å²) in [7, 11) is 0. The van der Waals surface area contributed by atoms with Crippen LogP contribution < -0.4 is 11.5 Å². The van der Waals surface area contributed by atoms with E-state index in [2.05, 4.69) is 10.3 Å². The molecule has 0 spiro atoms. The van der Waals surface area contributed by atoms with E-state index >= 15 is 0 Å². The maximum atomic E-state index is 8.79. The number of hydrogen-bond donors (Lipinski definition) is 4. The topological polar surface area (TPSA) is 144 Å². The van der Waals surface area contributed by atoms with Crippen LogP contribution in [0.15, 0.2) is 67.7 Å².